The molecule has 6 nitrogen and oxygen atoms in total. The van der Waals surface area contributed by atoms with E-state index in [4.69, 9.17) is 20.8 Å². The van der Waals surface area contributed by atoms with E-state index in [9.17, 15) is 4.79 Å². The molecule has 2 aromatic heterocycles. The van der Waals surface area contributed by atoms with Crippen molar-refractivity contribution >= 4 is 17.3 Å². The summed E-state index contributed by atoms with van der Waals surface area (Å²) < 4.78 is 11.9. The van der Waals surface area contributed by atoms with E-state index in [2.05, 4.69) is 5.10 Å². The zero-order valence-electron chi connectivity index (χ0n) is 12.3. The minimum Gasteiger partial charge on any atom is -0.464 e. The number of furan rings is 1. The summed E-state index contributed by atoms with van der Waals surface area (Å²) in [6.45, 7) is 3.46. The summed E-state index contributed by atoms with van der Waals surface area (Å²) in [5.41, 5.74) is 0.248. The van der Waals surface area contributed by atoms with Crippen molar-refractivity contribution in [3.05, 3.63) is 45.2 Å². The van der Waals surface area contributed by atoms with Crippen LogP contribution in [0.1, 0.15) is 11.5 Å². The smallest absolute Gasteiger partial charge is 0.287 e. The van der Waals surface area contributed by atoms with Crippen LogP contribution in [0.5, 0.6) is 0 Å². The van der Waals surface area contributed by atoms with Gasteiger partial charge in [0.05, 0.1) is 25.0 Å². The van der Waals surface area contributed by atoms with Crippen LogP contribution in [0, 0.1) is 6.92 Å². The number of ether oxygens (including phenoxy) is 1. The highest BCUT2D eigenvalue weighted by Crippen LogP contribution is 2.23. The molecule has 0 N–H and O–H groups in total. The van der Waals surface area contributed by atoms with Gasteiger partial charge in [0.25, 0.3) is 5.56 Å². The third-order valence-electron chi connectivity index (χ3n) is 3.11. The molecule has 0 aromatic carbocycles. The first kappa shape index (κ1) is 15.6. The summed E-state index contributed by atoms with van der Waals surface area (Å²) in [6.07, 6.45) is 1.58. The molecule has 21 heavy (non-hydrogen) atoms. The summed E-state index contributed by atoms with van der Waals surface area (Å²) in [5, 5.41) is 4.17. The largest absolute Gasteiger partial charge is 0.464 e. The van der Waals surface area contributed by atoms with Crippen molar-refractivity contribution in [1.29, 1.82) is 0 Å². The van der Waals surface area contributed by atoms with Crippen molar-refractivity contribution < 1.29 is 9.15 Å². The number of nitrogens with zero attached hydrogens (tertiary/aromatic N) is 3. The summed E-state index contributed by atoms with van der Waals surface area (Å²) in [4.78, 5) is 13.8. The first-order valence-corrected chi connectivity index (χ1v) is 6.91. The van der Waals surface area contributed by atoms with Gasteiger partial charge in [0, 0.05) is 20.7 Å². The number of hydrogen-bond acceptors (Lipinski definition) is 5. The van der Waals surface area contributed by atoms with Crippen LogP contribution in [0.2, 0.25) is 5.02 Å². The van der Waals surface area contributed by atoms with Gasteiger partial charge in [-0.05, 0) is 19.1 Å². The first-order chi connectivity index (χ1) is 10.0. The second-order valence-electron chi connectivity index (χ2n) is 4.70. The fourth-order valence-electron chi connectivity index (χ4n) is 1.97. The molecule has 0 fully saturated rings. The lowest BCUT2D eigenvalue weighted by molar-refractivity contribution is 0.204. The molecule has 0 bridgehead atoms. The van der Waals surface area contributed by atoms with E-state index in [0.29, 0.717) is 25.4 Å². The van der Waals surface area contributed by atoms with Gasteiger partial charge in [-0.3, -0.25) is 4.79 Å². The van der Waals surface area contributed by atoms with Gasteiger partial charge in [-0.1, -0.05) is 11.6 Å². The monoisotopic (exact) mass is 311 g/mol. The second kappa shape index (κ2) is 6.78. The summed E-state index contributed by atoms with van der Waals surface area (Å²) in [5.74, 6) is 1.63. The number of methoxy groups -OCH3 is 1. The van der Waals surface area contributed by atoms with Crippen molar-refractivity contribution in [3.63, 3.8) is 0 Å². The third kappa shape index (κ3) is 3.65. The molecule has 0 amide bonds. The lowest BCUT2D eigenvalue weighted by atomic mass is 10.3. The quantitative estimate of drug-likeness (QED) is 0.816. The van der Waals surface area contributed by atoms with Crippen LogP contribution >= 0.6 is 11.6 Å². The van der Waals surface area contributed by atoms with Crippen molar-refractivity contribution in [3.8, 4) is 0 Å². The van der Waals surface area contributed by atoms with Crippen LogP contribution in [-0.2, 0) is 18.3 Å². The number of rotatable bonds is 6. The van der Waals surface area contributed by atoms with Gasteiger partial charge in [-0.15, -0.1) is 0 Å². The van der Waals surface area contributed by atoms with Gasteiger partial charge in [-0.25, -0.2) is 4.68 Å². The molecule has 2 aromatic rings. The molecule has 0 spiro atoms. The molecule has 2 rings (SSSR count). The van der Waals surface area contributed by atoms with Crippen molar-refractivity contribution in [1.82, 2.24) is 9.78 Å². The minimum absolute atomic E-state index is 0.145. The highest BCUT2D eigenvalue weighted by atomic mass is 35.5. The van der Waals surface area contributed by atoms with Crippen LogP contribution in [0.3, 0.4) is 0 Å². The topological polar surface area (TPSA) is 60.5 Å². The number of hydrogen-bond donors (Lipinski definition) is 0. The fraction of sp³-hybridized carbons (Fsp3) is 0.429. The Morgan fingerprint density at radius 2 is 2.24 bits per heavy atom. The molecule has 0 aliphatic carbocycles. The van der Waals surface area contributed by atoms with Crippen molar-refractivity contribution in [2.75, 3.05) is 25.2 Å². The molecular weight excluding hydrogens is 294 g/mol. The van der Waals surface area contributed by atoms with Gasteiger partial charge in [0.2, 0.25) is 0 Å². The van der Waals surface area contributed by atoms with Gasteiger partial charge >= 0.3 is 0 Å². The van der Waals surface area contributed by atoms with Gasteiger partial charge < -0.3 is 14.1 Å². The molecule has 0 radical (unpaired) electrons. The number of aryl methyl sites for hydroxylation is 2. The van der Waals surface area contributed by atoms with Crippen molar-refractivity contribution in [2.24, 2.45) is 7.05 Å². The molecule has 2 heterocycles. The summed E-state index contributed by atoms with van der Waals surface area (Å²) in [7, 11) is 3.19. The Labute approximate surface area is 127 Å². The molecule has 0 unspecified atom stereocenters. The van der Waals surface area contributed by atoms with E-state index in [0.717, 1.165) is 11.5 Å². The first-order valence-electron chi connectivity index (χ1n) is 6.54. The molecule has 0 saturated carbocycles. The van der Waals surface area contributed by atoms with Crippen LogP contribution < -0.4 is 10.5 Å². The summed E-state index contributed by atoms with van der Waals surface area (Å²) in [6, 6.07) is 3.80. The van der Waals surface area contributed by atoms with E-state index in [1.54, 1.807) is 20.4 Å². The maximum atomic E-state index is 11.9. The van der Waals surface area contributed by atoms with Crippen molar-refractivity contribution in [2.45, 2.75) is 13.5 Å². The predicted octanol–water partition coefficient (Wildman–Crippen LogP) is 1.99. The number of anilines is 1. The minimum atomic E-state index is -0.327. The molecule has 7 heteroatoms. The van der Waals surface area contributed by atoms with E-state index in [-0.39, 0.29) is 10.6 Å². The Bertz CT molecular complexity index is 666. The molecule has 0 saturated heterocycles. The number of halogens is 1. The van der Waals surface area contributed by atoms with E-state index >= 15 is 0 Å². The van der Waals surface area contributed by atoms with E-state index < -0.39 is 0 Å². The Balaban J connectivity index is 2.31. The molecule has 0 aliphatic heterocycles. The Morgan fingerprint density at radius 3 is 2.86 bits per heavy atom. The lowest BCUT2D eigenvalue weighted by Gasteiger charge is -2.24. The zero-order chi connectivity index (χ0) is 15.4. The molecule has 0 aliphatic rings. The Hall–Kier alpha value is -1.79. The zero-order valence-corrected chi connectivity index (χ0v) is 13.1. The SMILES string of the molecule is COCCN(Cc1ccc(C)o1)c1cnn(C)c(=O)c1Cl. The lowest BCUT2D eigenvalue weighted by Crippen LogP contribution is -2.30. The van der Waals surface area contributed by atoms with Gasteiger partial charge in [0.1, 0.15) is 16.5 Å². The van der Waals surface area contributed by atoms with Gasteiger partial charge in [-0.2, -0.15) is 5.10 Å². The van der Waals surface area contributed by atoms with Crippen LogP contribution in [0.15, 0.2) is 27.5 Å². The average molecular weight is 312 g/mol. The average Bonchev–Trinajstić information content (AvgIpc) is 2.87. The fourth-order valence-corrected chi connectivity index (χ4v) is 2.26. The normalized spacial score (nSPS) is 10.9. The molecule has 0 atom stereocenters. The Morgan fingerprint density at radius 1 is 1.48 bits per heavy atom. The number of aromatic nitrogens is 2. The molecule has 114 valence electrons. The maximum Gasteiger partial charge on any atom is 0.287 e. The van der Waals surface area contributed by atoms with Gasteiger partial charge in [0.15, 0.2) is 0 Å². The van der Waals surface area contributed by atoms with Crippen LogP contribution in [-0.4, -0.2) is 30.0 Å². The van der Waals surface area contributed by atoms with Crippen LogP contribution in [0.4, 0.5) is 5.69 Å². The third-order valence-corrected chi connectivity index (χ3v) is 3.46. The molecular formula is C14H18ClN3O3. The van der Waals surface area contributed by atoms with E-state index in [1.807, 2.05) is 24.0 Å². The van der Waals surface area contributed by atoms with Crippen LogP contribution in [0.25, 0.3) is 0 Å². The predicted molar refractivity (Wildman–Crippen MR) is 80.9 cm³/mol. The highest BCUT2D eigenvalue weighted by molar-refractivity contribution is 6.33. The summed E-state index contributed by atoms with van der Waals surface area (Å²) >= 11 is 6.16. The highest BCUT2D eigenvalue weighted by Gasteiger charge is 2.16. The standard InChI is InChI=1S/C14H18ClN3O3/c1-10-4-5-11(21-10)9-18(6-7-20-3)12-8-16-17(2)14(19)13(12)15/h4-5,8H,6-7,9H2,1-3H3. The Kier molecular flexibility index (Phi) is 5.03. The van der Waals surface area contributed by atoms with E-state index in [1.165, 1.54) is 4.68 Å². The second-order valence-corrected chi connectivity index (χ2v) is 5.08. The maximum absolute atomic E-state index is 11.9.